The van der Waals surface area contributed by atoms with E-state index in [-0.39, 0.29) is 19.6 Å². The van der Waals surface area contributed by atoms with Crippen LogP contribution in [-0.2, 0) is 19.1 Å². The highest BCUT2D eigenvalue weighted by Gasteiger charge is 2.05. The second-order valence-corrected chi connectivity index (χ2v) is 5.49. The molecule has 1 aromatic carbocycles. The lowest BCUT2D eigenvalue weighted by molar-refractivity contribution is -0.137. The van der Waals surface area contributed by atoms with Gasteiger partial charge in [-0.15, -0.1) is 0 Å². The van der Waals surface area contributed by atoms with Crippen LogP contribution < -0.4 is 15.6 Å². The van der Waals surface area contributed by atoms with E-state index >= 15 is 0 Å². The number of carbonyl (C=O) groups excluding carboxylic acids is 3. The Balaban J connectivity index is 2.20. The Bertz CT molecular complexity index is 649. The van der Waals surface area contributed by atoms with Crippen molar-refractivity contribution < 1.29 is 23.9 Å². The van der Waals surface area contributed by atoms with E-state index in [0.717, 1.165) is 12.2 Å². The summed E-state index contributed by atoms with van der Waals surface area (Å²) in [7, 11) is 0. The Kier molecular flexibility index (Phi) is 9.42. The van der Waals surface area contributed by atoms with Crippen LogP contribution in [0.1, 0.15) is 19.8 Å². The van der Waals surface area contributed by atoms with Crippen molar-refractivity contribution in [3.05, 3.63) is 40.4 Å². The van der Waals surface area contributed by atoms with Gasteiger partial charge in [-0.2, -0.15) is 0 Å². The summed E-state index contributed by atoms with van der Waals surface area (Å²) in [5.41, 5.74) is 4.36. The molecule has 7 nitrogen and oxygen atoms in total. The molecule has 0 aliphatic rings. The molecule has 0 saturated heterocycles. The molecular formula is C16H18Cl2N2O5. The number of hydrazine groups is 1. The molecule has 2 amide bonds. The van der Waals surface area contributed by atoms with Gasteiger partial charge in [0.25, 0.3) is 5.91 Å². The minimum Gasteiger partial charge on any atom is -0.492 e. The third-order valence-electron chi connectivity index (χ3n) is 2.68. The highest BCUT2D eigenvalue weighted by molar-refractivity contribution is 6.35. The van der Waals surface area contributed by atoms with Crippen molar-refractivity contribution in [1.29, 1.82) is 0 Å². The van der Waals surface area contributed by atoms with Gasteiger partial charge < -0.3 is 9.47 Å². The predicted octanol–water partition coefficient (Wildman–Crippen LogP) is 2.42. The Morgan fingerprint density at radius 2 is 1.92 bits per heavy atom. The number of benzene rings is 1. The van der Waals surface area contributed by atoms with E-state index in [1.807, 2.05) is 0 Å². The molecule has 0 saturated carbocycles. The van der Waals surface area contributed by atoms with Gasteiger partial charge in [-0.1, -0.05) is 23.2 Å². The molecule has 0 unspecified atom stereocenters. The maximum atomic E-state index is 11.6. The SMILES string of the molecule is CCOC(=O)C=CC(=O)NNC(=O)CCCOc1ccc(Cl)cc1Cl. The van der Waals surface area contributed by atoms with Crippen LogP contribution in [0.3, 0.4) is 0 Å². The third-order valence-corrected chi connectivity index (χ3v) is 3.21. The average Bonchev–Trinajstić information content (AvgIpc) is 2.56. The van der Waals surface area contributed by atoms with Crippen LogP contribution in [0.4, 0.5) is 0 Å². The van der Waals surface area contributed by atoms with Gasteiger partial charge >= 0.3 is 5.97 Å². The Labute approximate surface area is 155 Å². The summed E-state index contributed by atoms with van der Waals surface area (Å²) in [5.74, 6) is -1.21. The molecule has 0 aliphatic carbocycles. The van der Waals surface area contributed by atoms with Gasteiger partial charge in [-0.05, 0) is 31.5 Å². The fraction of sp³-hybridized carbons (Fsp3) is 0.312. The normalized spacial score (nSPS) is 10.4. The van der Waals surface area contributed by atoms with E-state index in [9.17, 15) is 14.4 Å². The standard InChI is InChI=1S/C16H18Cl2N2O5/c1-2-24-16(23)8-7-15(22)20-19-14(21)4-3-9-25-13-6-5-11(17)10-12(13)18/h5-8,10H,2-4,9H2,1H3,(H,19,21)(H,20,22). The second-order valence-electron chi connectivity index (χ2n) is 4.65. The molecule has 0 aromatic heterocycles. The van der Waals surface area contributed by atoms with Crippen LogP contribution in [-0.4, -0.2) is 31.0 Å². The first kappa shape index (κ1) is 20.8. The van der Waals surface area contributed by atoms with E-state index in [1.165, 1.54) is 0 Å². The molecule has 0 aliphatic heterocycles. The zero-order valence-electron chi connectivity index (χ0n) is 13.5. The molecule has 1 aromatic rings. The van der Waals surface area contributed by atoms with Gasteiger partial charge in [0.15, 0.2) is 0 Å². The van der Waals surface area contributed by atoms with E-state index in [1.54, 1.807) is 25.1 Å². The van der Waals surface area contributed by atoms with Crippen molar-refractivity contribution in [3.63, 3.8) is 0 Å². The zero-order valence-corrected chi connectivity index (χ0v) is 15.0. The number of rotatable bonds is 8. The first-order valence-corrected chi connectivity index (χ1v) is 8.19. The lowest BCUT2D eigenvalue weighted by Crippen LogP contribution is -2.40. The number of carbonyl (C=O) groups is 3. The second kappa shape index (κ2) is 11.3. The summed E-state index contributed by atoms with van der Waals surface area (Å²) in [5, 5.41) is 0.891. The summed E-state index contributed by atoms with van der Waals surface area (Å²) < 4.78 is 10.0. The highest BCUT2D eigenvalue weighted by atomic mass is 35.5. The van der Waals surface area contributed by atoms with Crippen molar-refractivity contribution in [2.45, 2.75) is 19.8 Å². The van der Waals surface area contributed by atoms with Crippen molar-refractivity contribution in [3.8, 4) is 5.75 Å². The van der Waals surface area contributed by atoms with Crippen LogP contribution in [0.2, 0.25) is 10.0 Å². The molecule has 136 valence electrons. The summed E-state index contributed by atoms with van der Waals surface area (Å²) in [4.78, 5) is 33.9. The van der Waals surface area contributed by atoms with E-state index in [2.05, 4.69) is 15.6 Å². The van der Waals surface area contributed by atoms with Crippen LogP contribution in [0, 0.1) is 0 Å². The van der Waals surface area contributed by atoms with E-state index in [0.29, 0.717) is 22.2 Å². The van der Waals surface area contributed by atoms with Crippen LogP contribution >= 0.6 is 23.2 Å². The minimum absolute atomic E-state index is 0.132. The summed E-state index contributed by atoms with van der Waals surface area (Å²) >= 11 is 11.7. The molecule has 0 atom stereocenters. The smallest absolute Gasteiger partial charge is 0.330 e. The van der Waals surface area contributed by atoms with Crippen molar-refractivity contribution in [2.75, 3.05) is 13.2 Å². The van der Waals surface area contributed by atoms with Crippen LogP contribution in [0.5, 0.6) is 5.75 Å². The Morgan fingerprint density at radius 1 is 1.16 bits per heavy atom. The molecular weight excluding hydrogens is 371 g/mol. The molecule has 1 rings (SSSR count). The quantitative estimate of drug-likeness (QED) is 0.308. The van der Waals surface area contributed by atoms with Crippen molar-refractivity contribution in [2.24, 2.45) is 0 Å². The lowest BCUT2D eigenvalue weighted by Gasteiger charge is -2.08. The van der Waals surface area contributed by atoms with Crippen LogP contribution in [0.25, 0.3) is 0 Å². The van der Waals surface area contributed by atoms with Gasteiger partial charge in [-0.25, -0.2) is 4.79 Å². The van der Waals surface area contributed by atoms with E-state index < -0.39 is 17.8 Å². The molecule has 25 heavy (non-hydrogen) atoms. The van der Waals surface area contributed by atoms with Gasteiger partial charge in [0.05, 0.1) is 18.2 Å². The first-order valence-electron chi connectivity index (χ1n) is 7.44. The summed E-state index contributed by atoms with van der Waals surface area (Å²) in [6.45, 7) is 2.13. The van der Waals surface area contributed by atoms with Gasteiger partial charge in [0, 0.05) is 23.6 Å². The number of amides is 2. The maximum absolute atomic E-state index is 11.6. The summed E-state index contributed by atoms with van der Waals surface area (Å²) in [6.07, 6.45) is 2.48. The number of hydrogen-bond acceptors (Lipinski definition) is 5. The maximum Gasteiger partial charge on any atom is 0.330 e. The van der Waals surface area contributed by atoms with Crippen LogP contribution in [0.15, 0.2) is 30.4 Å². The fourth-order valence-electron chi connectivity index (χ4n) is 1.58. The van der Waals surface area contributed by atoms with Crippen molar-refractivity contribution >= 4 is 41.0 Å². The number of nitrogens with one attached hydrogen (secondary N) is 2. The monoisotopic (exact) mass is 388 g/mol. The molecule has 2 N–H and O–H groups in total. The van der Waals surface area contributed by atoms with Gasteiger partial charge in [0.1, 0.15) is 5.75 Å². The predicted molar refractivity (Wildman–Crippen MR) is 93.2 cm³/mol. The highest BCUT2D eigenvalue weighted by Crippen LogP contribution is 2.27. The molecule has 0 radical (unpaired) electrons. The molecule has 0 heterocycles. The average molecular weight is 389 g/mol. The Hall–Kier alpha value is -2.25. The molecule has 9 heteroatoms. The number of esters is 1. The minimum atomic E-state index is -0.648. The third kappa shape index (κ3) is 8.97. The molecule has 0 fully saturated rings. The molecule has 0 spiro atoms. The van der Waals surface area contributed by atoms with E-state index in [4.69, 9.17) is 27.9 Å². The largest absolute Gasteiger partial charge is 0.492 e. The summed E-state index contributed by atoms with van der Waals surface area (Å²) in [6, 6.07) is 4.85. The van der Waals surface area contributed by atoms with Gasteiger partial charge in [0.2, 0.25) is 5.91 Å². The van der Waals surface area contributed by atoms with Crippen molar-refractivity contribution in [1.82, 2.24) is 10.9 Å². The number of halogens is 2. The first-order chi connectivity index (χ1) is 11.9. The Morgan fingerprint density at radius 3 is 2.60 bits per heavy atom. The fourth-order valence-corrected chi connectivity index (χ4v) is 2.04. The molecule has 0 bridgehead atoms. The van der Waals surface area contributed by atoms with Gasteiger partial charge in [-0.3, -0.25) is 20.4 Å². The number of hydrogen-bond donors (Lipinski definition) is 2. The number of ether oxygens (including phenoxy) is 2. The lowest BCUT2D eigenvalue weighted by atomic mass is 10.3. The zero-order chi connectivity index (χ0) is 18.7. The topological polar surface area (TPSA) is 93.7 Å².